The van der Waals surface area contributed by atoms with Gasteiger partial charge in [-0.05, 0) is 70.1 Å². The second-order valence-corrected chi connectivity index (χ2v) is 5.79. The molecule has 0 unspecified atom stereocenters. The molecule has 0 saturated carbocycles. The number of rotatable bonds is 3. The fourth-order valence-electron chi connectivity index (χ4n) is 2.57. The number of nitrogens with one attached hydrogen (secondary N) is 1. The summed E-state index contributed by atoms with van der Waals surface area (Å²) in [5.74, 6) is -0.223. The summed E-state index contributed by atoms with van der Waals surface area (Å²) in [6.45, 7) is 0.718. The van der Waals surface area contributed by atoms with Crippen molar-refractivity contribution in [2.75, 3.05) is 5.32 Å². The van der Waals surface area contributed by atoms with Crippen LogP contribution in [0.1, 0.15) is 23.1 Å². The number of halogens is 2. The molecule has 1 nitrogen and oxygen atoms in total. The Morgan fingerprint density at radius 1 is 1.05 bits per heavy atom. The summed E-state index contributed by atoms with van der Waals surface area (Å²) < 4.78 is 14.1. The maximum Gasteiger partial charge on any atom is 0.125 e. The molecule has 0 bridgehead atoms. The second-order valence-electron chi connectivity index (χ2n) is 4.93. The quantitative estimate of drug-likeness (QED) is 0.865. The maximum atomic E-state index is 13.2. The van der Waals surface area contributed by atoms with E-state index in [1.165, 1.54) is 48.1 Å². The highest BCUT2D eigenvalue weighted by atomic mass is 79.9. The SMILES string of the molecule is Fc1ccc(Br)c(NCc2ccc3c(c2)CCC3)c1. The second kappa shape index (κ2) is 5.33. The van der Waals surface area contributed by atoms with Crippen LogP contribution in [0.5, 0.6) is 0 Å². The Balaban J connectivity index is 1.74. The van der Waals surface area contributed by atoms with Crippen molar-refractivity contribution in [2.45, 2.75) is 25.8 Å². The van der Waals surface area contributed by atoms with Gasteiger partial charge in [0.2, 0.25) is 0 Å². The molecular formula is C16H15BrFN. The van der Waals surface area contributed by atoms with Crippen molar-refractivity contribution < 1.29 is 4.39 Å². The molecule has 3 heteroatoms. The van der Waals surface area contributed by atoms with Crippen molar-refractivity contribution in [1.82, 2.24) is 0 Å². The molecule has 0 saturated heterocycles. The highest BCUT2D eigenvalue weighted by Gasteiger charge is 2.10. The minimum absolute atomic E-state index is 0.223. The van der Waals surface area contributed by atoms with Crippen LogP contribution >= 0.6 is 15.9 Å². The first-order valence-corrected chi connectivity index (χ1v) is 7.31. The van der Waals surface area contributed by atoms with E-state index >= 15 is 0 Å². The van der Waals surface area contributed by atoms with E-state index in [1.54, 1.807) is 6.07 Å². The monoisotopic (exact) mass is 319 g/mol. The number of fused-ring (bicyclic) bond motifs is 1. The third-order valence-corrected chi connectivity index (χ3v) is 4.27. The summed E-state index contributed by atoms with van der Waals surface area (Å²) in [6, 6.07) is 11.3. The molecule has 0 radical (unpaired) electrons. The van der Waals surface area contributed by atoms with Gasteiger partial charge in [0.1, 0.15) is 5.82 Å². The lowest BCUT2D eigenvalue weighted by molar-refractivity contribution is 0.628. The molecule has 0 heterocycles. The summed E-state index contributed by atoms with van der Waals surface area (Å²) in [5, 5.41) is 3.27. The molecule has 0 atom stereocenters. The predicted octanol–water partition coefficient (Wildman–Crippen LogP) is 4.69. The molecule has 0 spiro atoms. The lowest BCUT2D eigenvalue weighted by Gasteiger charge is -2.10. The molecule has 0 aromatic heterocycles. The lowest BCUT2D eigenvalue weighted by atomic mass is 10.1. The Bertz CT molecular complexity index is 610. The number of hydrogen-bond donors (Lipinski definition) is 1. The minimum Gasteiger partial charge on any atom is -0.380 e. The Morgan fingerprint density at radius 2 is 1.89 bits per heavy atom. The highest BCUT2D eigenvalue weighted by Crippen LogP contribution is 2.25. The van der Waals surface area contributed by atoms with Crippen LogP contribution in [-0.2, 0) is 19.4 Å². The van der Waals surface area contributed by atoms with Gasteiger partial charge in [0.25, 0.3) is 0 Å². The average molecular weight is 320 g/mol. The largest absolute Gasteiger partial charge is 0.380 e. The summed E-state index contributed by atoms with van der Waals surface area (Å²) in [7, 11) is 0. The van der Waals surface area contributed by atoms with Gasteiger partial charge in [-0.1, -0.05) is 18.2 Å². The maximum absolute atomic E-state index is 13.2. The van der Waals surface area contributed by atoms with Crippen LogP contribution in [0.15, 0.2) is 40.9 Å². The Labute approximate surface area is 121 Å². The van der Waals surface area contributed by atoms with E-state index in [4.69, 9.17) is 0 Å². The number of benzene rings is 2. The van der Waals surface area contributed by atoms with Crippen LogP contribution in [-0.4, -0.2) is 0 Å². The molecular weight excluding hydrogens is 305 g/mol. The first-order valence-electron chi connectivity index (χ1n) is 6.52. The Morgan fingerprint density at radius 3 is 2.79 bits per heavy atom. The van der Waals surface area contributed by atoms with Crippen LogP contribution < -0.4 is 5.32 Å². The van der Waals surface area contributed by atoms with Gasteiger partial charge in [-0.2, -0.15) is 0 Å². The van der Waals surface area contributed by atoms with E-state index in [-0.39, 0.29) is 5.82 Å². The van der Waals surface area contributed by atoms with Crippen LogP contribution in [0.4, 0.5) is 10.1 Å². The van der Waals surface area contributed by atoms with Gasteiger partial charge < -0.3 is 5.32 Å². The molecule has 19 heavy (non-hydrogen) atoms. The van der Waals surface area contributed by atoms with Gasteiger partial charge in [0.05, 0.1) is 5.69 Å². The molecule has 0 aliphatic heterocycles. The zero-order chi connectivity index (χ0) is 13.2. The summed E-state index contributed by atoms with van der Waals surface area (Å²) in [6.07, 6.45) is 3.66. The lowest BCUT2D eigenvalue weighted by Crippen LogP contribution is -2.01. The summed E-state index contributed by atoms with van der Waals surface area (Å²) in [5.41, 5.74) is 4.99. The van der Waals surface area contributed by atoms with Crippen molar-refractivity contribution in [3.63, 3.8) is 0 Å². The van der Waals surface area contributed by atoms with E-state index in [0.29, 0.717) is 0 Å². The smallest absolute Gasteiger partial charge is 0.125 e. The van der Waals surface area contributed by atoms with Crippen molar-refractivity contribution in [3.8, 4) is 0 Å². The average Bonchev–Trinajstić information content (AvgIpc) is 2.87. The first-order chi connectivity index (χ1) is 9.22. The van der Waals surface area contributed by atoms with E-state index in [1.807, 2.05) is 0 Å². The van der Waals surface area contributed by atoms with Gasteiger partial charge in [-0.15, -0.1) is 0 Å². The molecule has 1 aliphatic carbocycles. The Kier molecular flexibility index (Phi) is 3.56. The molecule has 2 aromatic rings. The minimum atomic E-state index is -0.223. The van der Waals surface area contributed by atoms with Gasteiger partial charge >= 0.3 is 0 Å². The van der Waals surface area contributed by atoms with E-state index in [0.717, 1.165) is 16.7 Å². The van der Waals surface area contributed by atoms with Crippen LogP contribution in [0.25, 0.3) is 0 Å². The van der Waals surface area contributed by atoms with Gasteiger partial charge in [-0.3, -0.25) is 0 Å². The standard InChI is InChI=1S/C16H15BrFN/c17-15-7-6-14(18)9-16(15)19-10-11-4-5-12-2-1-3-13(12)8-11/h4-9,19H,1-3,10H2. The third kappa shape index (κ3) is 2.81. The van der Waals surface area contributed by atoms with Gasteiger partial charge in [-0.25, -0.2) is 4.39 Å². The van der Waals surface area contributed by atoms with E-state index < -0.39 is 0 Å². The van der Waals surface area contributed by atoms with Crippen molar-refractivity contribution >= 4 is 21.6 Å². The van der Waals surface area contributed by atoms with Gasteiger partial charge in [0.15, 0.2) is 0 Å². The molecule has 98 valence electrons. The number of anilines is 1. The van der Waals surface area contributed by atoms with Crippen molar-refractivity contribution in [1.29, 1.82) is 0 Å². The van der Waals surface area contributed by atoms with Crippen LogP contribution in [0.3, 0.4) is 0 Å². The van der Waals surface area contributed by atoms with Crippen molar-refractivity contribution in [3.05, 3.63) is 63.4 Å². The van der Waals surface area contributed by atoms with E-state index in [9.17, 15) is 4.39 Å². The first kappa shape index (κ1) is 12.7. The molecule has 0 fully saturated rings. The van der Waals surface area contributed by atoms with Gasteiger partial charge in [0, 0.05) is 11.0 Å². The molecule has 0 amide bonds. The zero-order valence-corrected chi connectivity index (χ0v) is 12.1. The topological polar surface area (TPSA) is 12.0 Å². The molecule has 1 N–H and O–H groups in total. The fraction of sp³-hybridized carbons (Fsp3) is 0.250. The summed E-state index contributed by atoms with van der Waals surface area (Å²) >= 11 is 3.42. The fourth-order valence-corrected chi connectivity index (χ4v) is 2.95. The molecule has 3 rings (SSSR count). The zero-order valence-electron chi connectivity index (χ0n) is 10.5. The normalized spacial score (nSPS) is 13.4. The molecule has 1 aliphatic rings. The number of hydrogen-bond acceptors (Lipinski definition) is 1. The third-order valence-electron chi connectivity index (χ3n) is 3.57. The van der Waals surface area contributed by atoms with Crippen LogP contribution in [0, 0.1) is 5.82 Å². The van der Waals surface area contributed by atoms with Crippen LogP contribution in [0.2, 0.25) is 0 Å². The highest BCUT2D eigenvalue weighted by molar-refractivity contribution is 9.10. The van der Waals surface area contributed by atoms with E-state index in [2.05, 4.69) is 39.4 Å². The Hall–Kier alpha value is -1.35. The number of aryl methyl sites for hydroxylation is 2. The summed E-state index contributed by atoms with van der Waals surface area (Å²) in [4.78, 5) is 0. The van der Waals surface area contributed by atoms with Crippen molar-refractivity contribution in [2.24, 2.45) is 0 Å². The molecule has 2 aromatic carbocycles. The predicted molar refractivity (Wildman–Crippen MR) is 79.9 cm³/mol.